The highest BCUT2D eigenvalue weighted by molar-refractivity contribution is 5.85. The first-order chi connectivity index (χ1) is 8.72. The molecule has 1 aliphatic rings. The Balaban J connectivity index is 0.00000180. The summed E-state index contributed by atoms with van der Waals surface area (Å²) < 4.78 is 0. The fraction of sp³-hybridized carbons (Fsp3) is 0.625. The van der Waals surface area contributed by atoms with Crippen LogP contribution in [-0.4, -0.2) is 31.1 Å². The monoisotopic (exact) mass is 318 g/mol. The standard InChI is InChI=1S/C16H26N2.2ClH/c1-4-5-16(18-10-8-17-9-11-18)15-7-6-13(2)14(3)12-15;;/h6-7,12,16-17H,4-5,8-11H2,1-3H3;2*1H/t16-;;/m0../s1. The molecule has 1 fully saturated rings. The van der Waals surface area contributed by atoms with E-state index >= 15 is 0 Å². The molecule has 1 N–H and O–H groups in total. The van der Waals surface area contributed by atoms with Crippen LogP contribution in [0.3, 0.4) is 0 Å². The highest BCUT2D eigenvalue weighted by Gasteiger charge is 2.21. The number of nitrogens with one attached hydrogen (secondary N) is 1. The smallest absolute Gasteiger partial charge is 0.0349 e. The van der Waals surface area contributed by atoms with Gasteiger partial charge in [-0.25, -0.2) is 0 Å². The van der Waals surface area contributed by atoms with E-state index in [-0.39, 0.29) is 24.8 Å². The zero-order valence-electron chi connectivity index (χ0n) is 12.8. The summed E-state index contributed by atoms with van der Waals surface area (Å²) in [4.78, 5) is 2.64. The maximum absolute atomic E-state index is 3.44. The highest BCUT2D eigenvalue weighted by Crippen LogP contribution is 2.27. The zero-order valence-corrected chi connectivity index (χ0v) is 14.4. The van der Waals surface area contributed by atoms with E-state index in [9.17, 15) is 0 Å². The molecule has 0 aliphatic carbocycles. The molecule has 1 atom stereocenters. The third-order valence-corrected chi connectivity index (χ3v) is 4.07. The summed E-state index contributed by atoms with van der Waals surface area (Å²) in [5, 5.41) is 3.44. The number of rotatable bonds is 4. The quantitative estimate of drug-likeness (QED) is 0.906. The van der Waals surface area contributed by atoms with E-state index in [2.05, 4.69) is 49.2 Å². The molecule has 2 rings (SSSR count). The first-order valence-corrected chi connectivity index (χ1v) is 7.24. The van der Waals surface area contributed by atoms with Crippen molar-refractivity contribution in [3.8, 4) is 0 Å². The molecule has 0 bridgehead atoms. The van der Waals surface area contributed by atoms with E-state index in [1.807, 2.05) is 0 Å². The molecular weight excluding hydrogens is 291 g/mol. The van der Waals surface area contributed by atoms with Crippen molar-refractivity contribution < 1.29 is 0 Å². The Morgan fingerprint density at radius 3 is 2.30 bits per heavy atom. The van der Waals surface area contributed by atoms with E-state index < -0.39 is 0 Å². The number of nitrogens with zero attached hydrogens (tertiary/aromatic N) is 1. The van der Waals surface area contributed by atoms with Crippen LogP contribution in [0.5, 0.6) is 0 Å². The Hall–Kier alpha value is -0.280. The van der Waals surface area contributed by atoms with Crippen molar-refractivity contribution in [2.45, 2.75) is 39.7 Å². The third kappa shape index (κ3) is 4.92. The number of halogens is 2. The van der Waals surface area contributed by atoms with Crippen molar-refractivity contribution in [1.82, 2.24) is 10.2 Å². The topological polar surface area (TPSA) is 15.3 Å². The maximum atomic E-state index is 3.44. The third-order valence-electron chi connectivity index (χ3n) is 4.07. The lowest BCUT2D eigenvalue weighted by molar-refractivity contribution is 0.164. The molecular formula is C16H28Cl2N2. The minimum atomic E-state index is 0. The van der Waals surface area contributed by atoms with E-state index in [1.165, 1.54) is 42.6 Å². The van der Waals surface area contributed by atoms with Gasteiger partial charge >= 0.3 is 0 Å². The summed E-state index contributed by atoms with van der Waals surface area (Å²) in [5.74, 6) is 0. The van der Waals surface area contributed by atoms with Crippen LogP contribution in [0.15, 0.2) is 18.2 Å². The first kappa shape index (κ1) is 19.7. The van der Waals surface area contributed by atoms with Gasteiger partial charge in [-0.15, -0.1) is 24.8 Å². The maximum Gasteiger partial charge on any atom is 0.0349 e. The molecule has 20 heavy (non-hydrogen) atoms. The van der Waals surface area contributed by atoms with Crippen molar-refractivity contribution in [2.24, 2.45) is 0 Å². The second kappa shape index (κ2) is 9.62. The van der Waals surface area contributed by atoms with Gasteiger partial charge in [-0.1, -0.05) is 31.5 Å². The number of piperazine rings is 1. The van der Waals surface area contributed by atoms with Gasteiger partial charge in [-0.3, -0.25) is 4.90 Å². The van der Waals surface area contributed by atoms with E-state index in [0.29, 0.717) is 6.04 Å². The second-order valence-corrected chi connectivity index (χ2v) is 5.43. The highest BCUT2D eigenvalue weighted by atomic mass is 35.5. The summed E-state index contributed by atoms with van der Waals surface area (Å²) in [5.41, 5.74) is 4.32. The molecule has 0 amide bonds. The van der Waals surface area contributed by atoms with Gasteiger partial charge in [-0.05, 0) is 37.0 Å². The molecule has 116 valence electrons. The van der Waals surface area contributed by atoms with Gasteiger partial charge in [0, 0.05) is 32.2 Å². The molecule has 1 heterocycles. The number of benzene rings is 1. The van der Waals surface area contributed by atoms with Crippen LogP contribution < -0.4 is 5.32 Å². The second-order valence-electron chi connectivity index (χ2n) is 5.43. The molecule has 1 saturated heterocycles. The first-order valence-electron chi connectivity index (χ1n) is 7.24. The average Bonchev–Trinajstić information content (AvgIpc) is 2.40. The molecule has 0 radical (unpaired) electrons. The lowest BCUT2D eigenvalue weighted by Gasteiger charge is -2.35. The fourth-order valence-corrected chi connectivity index (χ4v) is 2.80. The largest absolute Gasteiger partial charge is 0.314 e. The van der Waals surface area contributed by atoms with Crippen LogP contribution in [0, 0.1) is 13.8 Å². The van der Waals surface area contributed by atoms with Gasteiger partial charge < -0.3 is 5.32 Å². The van der Waals surface area contributed by atoms with Gasteiger partial charge in [-0.2, -0.15) is 0 Å². The Bertz CT molecular complexity index is 390. The number of hydrogen-bond acceptors (Lipinski definition) is 2. The van der Waals surface area contributed by atoms with Crippen molar-refractivity contribution in [2.75, 3.05) is 26.2 Å². The Labute approximate surface area is 136 Å². The number of hydrogen-bond donors (Lipinski definition) is 1. The molecule has 2 nitrogen and oxygen atoms in total. The predicted molar refractivity (Wildman–Crippen MR) is 92.5 cm³/mol. The summed E-state index contributed by atoms with van der Waals surface area (Å²) in [6, 6.07) is 7.59. The summed E-state index contributed by atoms with van der Waals surface area (Å²) in [7, 11) is 0. The fourth-order valence-electron chi connectivity index (χ4n) is 2.80. The van der Waals surface area contributed by atoms with Gasteiger partial charge in [0.1, 0.15) is 0 Å². The normalized spacial score (nSPS) is 16.9. The van der Waals surface area contributed by atoms with Crippen molar-refractivity contribution in [3.05, 3.63) is 34.9 Å². The van der Waals surface area contributed by atoms with Crippen molar-refractivity contribution >= 4 is 24.8 Å². The Morgan fingerprint density at radius 1 is 1.10 bits per heavy atom. The lowest BCUT2D eigenvalue weighted by Crippen LogP contribution is -2.45. The van der Waals surface area contributed by atoms with Gasteiger partial charge in [0.2, 0.25) is 0 Å². The van der Waals surface area contributed by atoms with Gasteiger partial charge in [0.05, 0.1) is 0 Å². The molecule has 0 aromatic heterocycles. The minimum Gasteiger partial charge on any atom is -0.314 e. The summed E-state index contributed by atoms with van der Waals surface area (Å²) in [6.07, 6.45) is 2.52. The molecule has 0 spiro atoms. The molecule has 0 saturated carbocycles. The zero-order chi connectivity index (χ0) is 13.0. The minimum absolute atomic E-state index is 0. The lowest BCUT2D eigenvalue weighted by atomic mass is 9.96. The van der Waals surface area contributed by atoms with E-state index in [1.54, 1.807) is 0 Å². The average molecular weight is 319 g/mol. The van der Waals surface area contributed by atoms with Gasteiger partial charge in [0.25, 0.3) is 0 Å². The van der Waals surface area contributed by atoms with Crippen molar-refractivity contribution in [1.29, 1.82) is 0 Å². The van der Waals surface area contributed by atoms with Crippen LogP contribution in [0.4, 0.5) is 0 Å². The molecule has 4 heteroatoms. The van der Waals surface area contributed by atoms with Crippen LogP contribution >= 0.6 is 24.8 Å². The van der Waals surface area contributed by atoms with Crippen LogP contribution in [0.25, 0.3) is 0 Å². The van der Waals surface area contributed by atoms with Crippen LogP contribution in [-0.2, 0) is 0 Å². The van der Waals surface area contributed by atoms with Crippen LogP contribution in [0.2, 0.25) is 0 Å². The van der Waals surface area contributed by atoms with E-state index in [4.69, 9.17) is 0 Å². The predicted octanol–water partition coefficient (Wildman–Crippen LogP) is 3.89. The van der Waals surface area contributed by atoms with Crippen molar-refractivity contribution in [3.63, 3.8) is 0 Å². The Morgan fingerprint density at radius 2 is 1.75 bits per heavy atom. The molecule has 0 unspecified atom stereocenters. The summed E-state index contributed by atoms with van der Waals surface area (Å²) in [6.45, 7) is 11.3. The molecule has 1 aromatic rings. The molecule has 1 aromatic carbocycles. The SMILES string of the molecule is CCC[C@@H](c1ccc(C)c(C)c1)N1CCNCC1.Cl.Cl. The number of aryl methyl sites for hydroxylation is 2. The Kier molecular flexibility index (Phi) is 9.48. The summed E-state index contributed by atoms with van der Waals surface area (Å²) >= 11 is 0. The van der Waals surface area contributed by atoms with Gasteiger partial charge in [0.15, 0.2) is 0 Å². The van der Waals surface area contributed by atoms with Crippen LogP contribution in [0.1, 0.15) is 42.5 Å². The molecule has 1 aliphatic heterocycles. The van der Waals surface area contributed by atoms with E-state index in [0.717, 1.165) is 13.1 Å².